The summed E-state index contributed by atoms with van der Waals surface area (Å²) in [4.78, 5) is 18.8. The van der Waals surface area contributed by atoms with Crippen molar-refractivity contribution in [3.63, 3.8) is 0 Å². The van der Waals surface area contributed by atoms with Crippen LogP contribution in [0, 0.1) is 0 Å². The first-order valence-corrected chi connectivity index (χ1v) is 10.4. The second-order valence-corrected chi connectivity index (χ2v) is 8.58. The maximum Gasteiger partial charge on any atom is 0.274 e. The van der Waals surface area contributed by atoms with Crippen molar-refractivity contribution in [3.05, 3.63) is 66.6 Å². The van der Waals surface area contributed by atoms with E-state index in [1.54, 1.807) is 39.8 Å². The molecule has 1 amide bonds. The number of anilines is 1. The Hall–Kier alpha value is -2.87. The number of likely N-dealkylation sites (tertiary alicyclic amines) is 1. The summed E-state index contributed by atoms with van der Waals surface area (Å²) in [5, 5.41) is -0.646. The van der Waals surface area contributed by atoms with Gasteiger partial charge >= 0.3 is 0 Å². The summed E-state index contributed by atoms with van der Waals surface area (Å²) >= 11 is 0. The third-order valence-electron chi connectivity index (χ3n) is 4.72. The zero-order valence-corrected chi connectivity index (χ0v) is 15.5. The molecule has 1 atom stereocenters. The summed E-state index contributed by atoms with van der Waals surface area (Å²) in [7, 11) is -3.58. The van der Waals surface area contributed by atoms with E-state index in [4.69, 9.17) is 0 Å². The predicted molar refractivity (Wildman–Crippen MR) is 103 cm³/mol. The first-order valence-electron chi connectivity index (χ1n) is 8.83. The maximum atomic E-state index is 12.8. The number of rotatable bonds is 4. The topological polar surface area (TPSA) is 83.8 Å². The monoisotopic (exact) mass is 384 g/mol. The Labute approximate surface area is 157 Å². The Balaban J connectivity index is 1.51. The van der Waals surface area contributed by atoms with Crippen LogP contribution in [0.3, 0.4) is 0 Å². The van der Waals surface area contributed by atoms with Gasteiger partial charge in [0.1, 0.15) is 11.3 Å². The van der Waals surface area contributed by atoms with Crippen LogP contribution in [0.2, 0.25) is 0 Å². The van der Waals surface area contributed by atoms with Crippen molar-refractivity contribution >= 4 is 27.3 Å². The average Bonchev–Trinajstić information content (AvgIpc) is 3.12. The molecule has 8 heteroatoms. The van der Waals surface area contributed by atoms with Crippen LogP contribution in [0.5, 0.6) is 0 Å². The number of fused-ring (bicyclic) bond motifs is 1. The second-order valence-electron chi connectivity index (χ2n) is 6.62. The molecule has 1 aromatic carbocycles. The number of carbonyl (C=O) groups excluding carboxylic acids is 1. The Morgan fingerprint density at radius 2 is 1.89 bits per heavy atom. The number of nitrogens with zero attached hydrogens (tertiary/aromatic N) is 3. The molecule has 7 nitrogen and oxygen atoms in total. The van der Waals surface area contributed by atoms with Gasteiger partial charge in [-0.05, 0) is 37.1 Å². The minimum atomic E-state index is -3.58. The number of amides is 1. The number of sulfonamides is 1. The smallest absolute Gasteiger partial charge is 0.274 e. The minimum absolute atomic E-state index is 0.162. The number of nitrogens with one attached hydrogen (secondary N) is 1. The maximum absolute atomic E-state index is 12.8. The van der Waals surface area contributed by atoms with E-state index in [0.29, 0.717) is 36.4 Å². The molecule has 1 aliphatic heterocycles. The van der Waals surface area contributed by atoms with E-state index in [2.05, 4.69) is 9.71 Å². The van der Waals surface area contributed by atoms with Crippen molar-refractivity contribution in [2.75, 3.05) is 17.8 Å². The van der Waals surface area contributed by atoms with Crippen LogP contribution in [0.25, 0.3) is 5.65 Å². The molecule has 1 N–H and O–H groups in total. The van der Waals surface area contributed by atoms with Crippen molar-refractivity contribution in [2.45, 2.75) is 18.1 Å². The van der Waals surface area contributed by atoms with Gasteiger partial charge in [-0.25, -0.2) is 13.4 Å². The van der Waals surface area contributed by atoms with Gasteiger partial charge in [0.15, 0.2) is 0 Å². The fourth-order valence-corrected chi connectivity index (χ4v) is 4.81. The lowest BCUT2D eigenvalue weighted by molar-refractivity contribution is 0.0722. The van der Waals surface area contributed by atoms with E-state index in [1.165, 1.54) is 0 Å². The van der Waals surface area contributed by atoms with Crippen LogP contribution in [0.15, 0.2) is 60.9 Å². The first kappa shape index (κ1) is 17.5. The van der Waals surface area contributed by atoms with Crippen LogP contribution in [-0.2, 0) is 10.0 Å². The van der Waals surface area contributed by atoms with Gasteiger partial charge in [-0.2, -0.15) is 0 Å². The van der Waals surface area contributed by atoms with E-state index in [-0.39, 0.29) is 12.5 Å². The molecule has 1 saturated heterocycles. The highest BCUT2D eigenvalue weighted by Gasteiger charge is 2.33. The van der Waals surface area contributed by atoms with Gasteiger partial charge in [-0.15, -0.1) is 0 Å². The molecule has 0 spiro atoms. The highest BCUT2D eigenvalue weighted by molar-refractivity contribution is 7.93. The lowest BCUT2D eigenvalue weighted by Crippen LogP contribution is -2.46. The van der Waals surface area contributed by atoms with Gasteiger partial charge < -0.3 is 9.30 Å². The Morgan fingerprint density at radius 3 is 2.67 bits per heavy atom. The van der Waals surface area contributed by atoms with Crippen molar-refractivity contribution < 1.29 is 13.2 Å². The third kappa shape index (κ3) is 3.66. The van der Waals surface area contributed by atoms with Gasteiger partial charge in [0.05, 0.1) is 5.25 Å². The van der Waals surface area contributed by atoms with E-state index in [0.717, 1.165) is 0 Å². The first-order chi connectivity index (χ1) is 13.0. The lowest BCUT2D eigenvalue weighted by atomic mass is 10.1. The molecule has 0 radical (unpaired) electrons. The highest BCUT2D eigenvalue weighted by atomic mass is 32.2. The number of pyridine rings is 1. The van der Waals surface area contributed by atoms with E-state index >= 15 is 0 Å². The van der Waals surface area contributed by atoms with Crippen LogP contribution in [0.1, 0.15) is 23.3 Å². The molecule has 3 heterocycles. The molecule has 2 aromatic heterocycles. The summed E-state index contributed by atoms with van der Waals surface area (Å²) in [5.74, 6) is -0.238. The van der Waals surface area contributed by atoms with Gasteiger partial charge in [0.2, 0.25) is 10.0 Å². The van der Waals surface area contributed by atoms with Gasteiger partial charge in [-0.1, -0.05) is 24.3 Å². The molecule has 1 aliphatic rings. The van der Waals surface area contributed by atoms with Gasteiger partial charge in [-0.3, -0.25) is 9.52 Å². The Morgan fingerprint density at radius 1 is 1.11 bits per heavy atom. The number of hydrogen-bond donors (Lipinski definition) is 1. The summed E-state index contributed by atoms with van der Waals surface area (Å²) in [5.41, 5.74) is 1.55. The average molecular weight is 384 g/mol. The molecular weight excluding hydrogens is 364 g/mol. The Kier molecular flexibility index (Phi) is 4.57. The number of hydrogen-bond acceptors (Lipinski definition) is 4. The second kappa shape index (κ2) is 7.03. The lowest BCUT2D eigenvalue weighted by Gasteiger charge is -2.32. The molecule has 4 rings (SSSR count). The fraction of sp³-hybridized carbons (Fsp3) is 0.263. The largest absolute Gasteiger partial charge is 0.336 e. The van der Waals surface area contributed by atoms with Gasteiger partial charge in [0, 0.05) is 31.2 Å². The number of carbonyl (C=O) groups is 1. The minimum Gasteiger partial charge on any atom is -0.336 e. The van der Waals surface area contributed by atoms with Crippen molar-refractivity contribution in [2.24, 2.45) is 0 Å². The van der Waals surface area contributed by atoms with Gasteiger partial charge in [0.25, 0.3) is 5.91 Å². The molecule has 0 unspecified atom stereocenters. The summed E-state index contributed by atoms with van der Waals surface area (Å²) in [6.07, 6.45) is 4.67. The standard InChI is InChI=1S/C19H20N4O3S/c24-19(17-14-22-11-5-4-10-18(22)20-17)23-12-6-9-16(13-23)27(25,26)21-15-7-2-1-3-8-15/h1-5,7-8,10-11,14,16,21H,6,9,12-13H2/t16-/m0/s1. The zero-order chi connectivity index (χ0) is 18.9. The molecule has 0 saturated carbocycles. The summed E-state index contributed by atoms with van der Waals surface area (Å²) in [6.45, 7) is 0.693. The number of benzene rings is 1. The molecule has 0 bridgehead atoms. The van der Waals surface area contributed by atoms with Crippen molar-refractivity contribution in [1.82, 2.24) is 14.3 Å². The molecule has 3 aromatic rings. The SMILES string of the molecule is O=C(c1cn2ccccc2n1)N1CCC[C@H](S(=O)(=O)Nc2ccccc2)C1. The van der Waals surface area contributed by atoms with Crippen LogP contribution < -0.4 is 4.72 Å². The fourth-order valence-electron chi connectivity index (χ4n) is 3.33. The Bertz CT molecular complexity index is 1030. The van der Waals surface area contributed by atoms with Crippen molar-refractivity contribution in [3.8, 4) is 0 Å². The number of piperidine rings is 1. The predicted octanol–water partition coefficient (Wildman–Crippen LogP) is 2.38. The molecule has 27 heavy (non-hydrogen) atoms. The summed E-state index contributed by atoms with van der Waals surface area (Å²) < 4.78 is 29.9. The number of imidazole rings is 1. The third-order valence-corrected chi connectivity index (χ3v) is 6.50. The zero-order valence-electron chi connectivity index (χ0n) is 14.7. The quantitative estimate of drug-likeness (QED) is 0.749. The van der Waals surface area contributed by atoms with Crippen LogP contribution in [-0.4, -0.2) is 46.9 Å². The molecule has 1 fully saturated rings. The van der Waals surface area contributed by atoms with E-state index in [9.17, 15) is 13.2 Å². The number of aromatic nitrogens is 2. The summed E-state index contributed by atoms with van der Waals surface area (Å²) in [6, 6.07) is 14.3. The molecular formula is C19H20N4O3S. The molecule has 0 aliphatic carbocycles. The van der Waals surface area contributed by atoms with Crippen LogP contribution >= 0.6 is 0 Å². The molecule has 140 valence electrons. The van der Waals surface area contributed by atoms with Crippen molar-refractivity contribution in [1.29, 1.82) is 0 Å². The normalized spacial score (nSPS) is 17.8. The van der Waals surface area contributed by atoms with E-state index in [1.807, 2.05) is 30.5 Å². The van der Waals surface area contributed by atoms with Crippen LogP contribution in [0.4, 0.5) is 5.69 Å². The highest BCUT2D eigenvalue weighted by Crippen LogP contribution is 2.21. The van der Waals surface area contributed by atoms with E-state index < -0.39 is 15.3 Å². The number of para-hydroxylation sites is 1.